The van der Waals surface area contributed by atoms with Crippen LogP contribution < -0.4 is 5.32 Å². The lowest BCUT2D eigenvalue weighted by atomic mass is 10.1. The van der Waals surface area contributed by atoms with Crippen molar-refractivity contribution in [1.29, 1.82) is 0 Å². The van der Waals surface area contributed by atoms with Crippen molar-refractivity contribution < 1.29 is 9.90 Å². The van der Waals surface area contributed by atoms with Gasteiger partial charge in [-0.3, -0.25) is 9.78 Å². The first-order valence-corrected chi connectivity index (χ1v) is 6.66. The molecule has 0 radical (unpaired) electrons. The molecule has 3 aromatic rings. The molecule has 21 heavy (non-hydrogen) atoms. The molecule has 1 aromatic heterocycles. The molecule has 5 heteroatoms. The Kier molecular flexibility index (Phi) is 3.46. The minimum absolute atomic E-state index is 0.0485. The Bertz CT molecular complexity index is 828. The van der Waals surface area contributed by atoms with Gasteiger partial charge in [-0.25, -0.2) is 0 Å². The third kappa shape index (κ3) is 2.66. The largest absolute Gasteiger partial charge is 0.508 e. The fraction of sp³-hybridized carbons (Fsp3) is 0. The van der Waals surface area contributed by atoms with E-state index in [0.29, 0.717) is 11.3 Å². The molecular formula is C16H11ClN2O2. The minimum Gasteiger partial charge on any atom is -0.508 e. The van der Waals surface area contributed by atoms with Gasteiger partial charge in [0.25, 0.3) is 5.91 Å². The van der Waals surface area contributed by atoms with E-state index >= 15 is 0 Å². The summed E-state index contributed by atoms with van der Waals surface area (Å²) in [5.74, 6) is -0.228. The highest BCUT2D eigenvalue weighted by atomic mass is 35.5. The number of halogens is 1. The number of carbonyl (C=O) groups is 1. The highest BCUT2D eigenvalue weighted by molar-refractivity contribution is 6.34. The number of hydrogen-bond donors (Lipinski definition) is 2. The Morgan fingerprint density at radius 3 is 2.76 bits per heavy atom. The van der Waals surface area contributed by atoms with E-state index in [1.165, 1.54) is 12.1 Å². The van der Waals surface area contributed by atoms with Gasteiger partial charge in [-0.15, -0.1) is 0 Å². The number of nitrogens with zero attached hydrogens (tertiary/aromatic N) is 1. The molecule has 3 rings (SSSR count). The summed E-state index contributed by atoms with van der Waals surface area (Å²) in [4.78, 5) is 16.6. The van der Waals surface area contributed by atoms with Gasteiger partial charge in [-0.1, -0.05) is 29.8 Å². The molecule has 104 valence electrons. The van der Waals surface area contributed by atoms with Gasteiger partial charge in [0.15, 0.2) is 0 Å². The normalized spacial score (nSPS) is 10.5. The van der Waals surface area contributed by atoms with Crippen molar-refractivity contribution >= 4 is 34.1 Å². The van der Waals surface area contributed by atoms with E-state index in [2.05, 4.69) is 10.3 Å². The minimum atomic E-state index is -0.277. The van der Waals surface area contributed by atoms with Gasteiger partial charge >= 0.3 is 0 Å². The first kappa shape index (κ1) is 13.4. The van der Waals surface area contributed by atoms with E-state index in [9.17, 15) is 9.90 Å². The summed E-state index contributed by atoms with van der Waals surface area (Å²) in [6.45, 7) is 0. The Morgan fingerprint density at radius 2 is 1.95 bits per heavy atom. The third-order valence-electron chi connectivity index (χ3n) is 3.09. The summed E-state index contributed by atoms with van der Waals surface area (Å²) in [7, 11) is 0. The van der Waals surface area contributed by atoms with E-state index in [0.717, 1.165) is 10.9 Å². The molecular weight excluding hydrogens is 288 g/mol. The monoisotopic (exact) mass is 298 g/mol. The van der Waals surface area contributed by atoms with Crippen LogP contribution >= 0.6 is 11.6 Å². The summed E-state index contributed by atoms with van der Waals surface area (Å²) in [6.07, 6.45) is 1.59. The number of phenols is 1. The number of aromatic nitrogens is 1. The zero-order valence-corrected chi connectivity index (χ0v) is 11.6. The van der Waals surface area contributed by atoms with Gasteiger partial charge in [0.2, 0.25) is 0 Å². The number of para-hydroxylation sites is 1. The first-order chi connectivity index (χ1) is 10.1. The molecule has 2 N–H and O–H groups in total. The number of aromatic hydroxyl groups is 1. The Morgan fingerprint density at radius 1 is 1.14 bits per heavy atom. The number of amides is 1. The maximum atomic E-state index is 12.4. The van der Waals surface area contributed by atoms with E-state index in [4.69, 9.17) is 11.6 Å². The number of rotatable bonds is 2. The quantitative estimate of drug-likeness (QED) is 0.706. The lowest BCUT2D eigenvalue weighted by molar-refractivity contribution is 0.102. The zero-order chi connectivity index (χ0) is 14.8. The summed E-state index contributed by atoms with van der Waals surface area (Å²) in [5.41, 5.74) is 1.71. The number of pyridine rings is 1. The van der Waals surface area contributed by atoms with Gasteiger partial charge in [0.05, 0.1) is 21.8 Å². The van der Waals surface area contributed by atoms with Crippen molar-refractivity contribution in [2.45, 2.75) is 0 Å². The lowest BCUT2D eigenvalue weighted by Crippen LogP contribution is -2.12. The van der Waals surface area contributed by atoms with Crippen molar-refractivity contribution in [3.63, 3.8) is 0 Å². The summed E-state index contributed by atoms with van der Waals surface area (Å²) >= 11 is 5.99. The predicted octanol–water partition coefficient (Wildman–Crippen LogP) is 3.85. The second-order valence-electron chi connectivity index (χ2n) is 4.49. The lowest BCUT2D eigenvalue weighted by Gasteiger charge is -2.09. The second kappa shape index (κ2) is 5.42. The van der Waals surface area contributed by atoms with Crippen LogP contribution in [0.5, 0.6) is 5.75 Å². The highest BCUT2D eigenvalue weighted by Gasteiger charge is 2.12. The van der Waals surface area contributed by atoms with Crippen LogP contribution in [0.25, 0.3) is 10.9 Å². The maximum absolute atomic E-state index is 12.4. The smallest absolute Gasteiger partial charge is 0.256 e. The molecule has 2 aromatic carbocycles. The highest BCUT2D eigenvalue weighted by Crippen LogP contribution is 2.27. The third-order valence-corrected chi connectivity index (χ3v) is 3.41. The van der Waals surface area contributed by atoms with Crippen LogP contribution in [-0.2, 0) is 0 Å². The number of hydrogen-bond acceptors (Lipinski definition) is 3. The van der Waals surface area contributed by atoms with E-state index < -0.39 is 0 Å². The van der Waals surface area contributed by atoms with Gasteiger partial charge in [-0.05, 0) is 24.3 Å². The van der Waals surface area contributed by atoms with Crippen LogP contribution in [0.4, 0.5) is 5.69 Å². The average molecular weight is 299 g/mol. The van der Waals surface area contributed by atoms with Crippen LogP contribution in [0.3, 0.4) is 0 Å². The van der Waals surface area contributed by atoms with Crippen LogP contribution in [0.1, 0.15) is 10.4 Å². The summed E-state index contributed by atoms with van der Waals surface area (Å²) < 4.78 is 0. The number of fused-ring (bicyclic) bond motifs is 1. The molecule has 1 amide bonds. The average Bonchev–Trinajstić information content (AvgIpc) is 2.49. The molecule has 0 bridgehead atoms. The molecule has 1 heterocycles. The molecule has 0 unspecified atom stereocenters. The Hall–Kier alpha value is -2.59. The molecule has 4 nitrogen and oxygen atoms in total. The predicted molar refractivity (Wildman–Crippen MR) is 82.8 cm³/mol. The van der Waals surface area contributed by atoms with Crippen molar-refractivity contribution in [2.24, 2.45) is 0 Å². The fourth-order valence-electron chi connectivity index (χ4n) is 2.09. The van der Waals surface area contributed by atoms with E-state index in [-0.39, 0.29) is 16.7 Å². The van der Waals surface area contributed by atoms with Gasteiger partial charge in [-0.2, -0.15) is 0 Å². The van der Waals surface area contributed by atoms with Crippen molar-refractivity contribution in [3.05, 3.63) is 65.3 Å². The van der Waals surface area contributed by atoms with Crippen molar-refractivity contribution in [2.75, 3.05) is 5.32 Å². The standard InChI is InChI=1S/C16H11ClN2O2/c17-13-9-10(20)5-6-15(13)19-16(21)12-7-8-18-14-4-2-1-3-11(12)14/h1-9,20H,(H,19,21). The number of benzene rings is 2. The van der Waals surface area contributed by atoms with Crippen LogP contribution in [0.2, 0.25) is 5.02 Å². The topological polar surface area (TPSA) is 62.2 Å². The van der Waals surface area contributed by atoms with Gasteiger partial charge in [0, 0.05) is 17.6 Å². The molecule has 0 aliphatic heterocycles. The molecule has 0 spiro atoms. The number of carbonyl (C=O) groups excluding carboxylic acids is 1. The maximum Gasteiger partial charge on any atom is 0.256 e. The van der Waals surface area contributed by atoms with Gasteiger partial charge in [0.1, 0.15) is 5.75 Å². The van der Waals surface area contributed by atoms with Crippen LogP contribution in [0, 0.1) is 0 Å². The number of nitrogens with one attached hydrogen (secondary N) is 1. The molecule has 0 aliphatic rings. The Balaban J connectivity index is 1.97. The number of anilines is 1. The van der Waals surface area contributed by atoms with E-state index in [1.54, 1.807) is 18.3 Å². The molecule has 0 aliphatic carbocycles. The second-order valence-corrected chi connectivity index (χ2v) is 4.90. The SMILES string of the molecule is O=C(Nc1ccc(O)cc1Cl)c1ccnc2ccccc12. The van der Waals surface area contributed by atoms with Gasteiger partial charge < -0.3 is 10.4 Å². The molecule has 0 saturated heterocycles. The molecule has 0 saturated carbocycles. The van der Waals surface area contributed by atoms with E-state index in [1.807, 2.05) is 24.3 Å². The summed E-state index contributed by atoms with van der Waals surface area (Å²) in [5, 5.41) is 13.1. The number of phenolic OH excluding ortho intramolecular Hbond substituents is 1. The van der Waals surface area contributed by atoms with Crippen LogP contribution in [-0.4, -0.2) is 16.0 Å². The van der Waals surface area contributed by atoms with Crippen molar-refractivity contribution in [3.8, 4) is 5.75 Å². The van der Waals surface area contributed by atoms with Crippen LogP contribution in [0.15, 0.2) is 54.7 Å². The zero-order valence-electron chi connectivity index (χ0n) is 10.9. The first-order valence-electron chi connectivity index (χ1n) is 6.29. The summed E-state index contributed by atoms with van der Waals surface area (Å²) in [6, 6.07) is 13.5. The molecule has 0 atom stereocenters. The fourth-order valence-corrected chi connectivity index (χ4v) is 2.31. The van der Waals surface area contributed by atoms with Crippen molar-refractivity contribution in [1.82, 2.24) is 4.98 Å². The Labute approximate surface area is 126 Å². The molecule has 0 fully saturated rings.